The summed E-state index contributed by atoms with van der Waals surface area (Å²) in [7, 11) is 1.54. The summed E-state index contributed by atoms with van der Waals surface area (Å²) in [5, 5.41) is 0.128. The van der Waals surface area contributed by atoms with E-state index in [1.54, 1.807) is 37.6 Å². The number of carbonyl (C=O) groups is 1. The molecule has 11 nitrogen and oxygen atoms in total. The number of hydrogen-bond donors (Lipinski definition) is 1. The van der Waals surface area contributed by atoms with Crippen molar-refractivity contribution in [1.82, 2.24) is 29.1 Å². The fourth-order valence-corrected chi connectivity index (χ4v) is 4.26. The summed E-state index contributed by atoms with van der Waals surface area (Å²) in [5.74, 6) is 0.287. The van der Waals surface area contributed by atoms with Crippen molar-refractivity contribution >= 4 is 34.5 Å². The first-order chi connectivity index (χ1) is 17.9. The molecule has 0 aliphatic carbocycles. The Hall–Kier alpha value is -3.83. The largest absolute Gasteiger partial charge is 0.383 e. The maximum Gasteiger partial charge on any atom is 0.332 e. The highest BCUT2D eigenvalue weighted by Crippen LogP contribution is 2.27. The van der Waals surface area contributed by atoms with Gasteiger partial charge in [-0.2, -0.15) is 0 Å². The van der Waals surface area contributed by atoms with Crippen molar-refractivity contribution in [2.45, 2.75) is 39.8 Å². The van der Waals surface area contributed by atoms with Crippen LogP contribution in [0.5, 0.6) is 0 Å². The Morgan fingerprint density at radius 1 is 1.14 bits per heavy atom. The number of pyridine rings is 2. The molecule has 194 valence electrons. The van der Waals surface area contributed by atoms with Crippen molar-refractivity contribution in [3.63, 3.8) is 0 Å². The number of anilines is 1. The molecule has 0 saturated carbocycles. The highest BCUT2D eigenvalue weighted by molar-refractivity contribution is 6.29. The van der Waals surface area contributed by atoms with Crippen molar-refractivity contribution < 1.29 is 9.53 Å². The third kappa shape index (κ3) is 5.32. The van der Waals surface area contributed by atoms with Gasteiger partial charge in [-0.25, -0.2) is 14.8 Å². The third-order valence-electron chi connectivity index (χ3n) is 5.76. The Bertz CT molecular complexity index is 1530. The molecular weight excluding hydrogens is 498 g/mol. The number of aromatic nitrogens is 6. The van der Waals surface area contributed by atoms with E-state index in [0.29, 0.717) is 42.9 Å². The number of nitrogens with zero attached hydrogens (tertiary/aromatic N) is 6. The first-order valence-electron chi connectivity index (χ1n) is 12.0. The van der Waals surface area contributed by atoms with E-state index in [9.17, 15) is 14.4 Å². The number of aromatic amines is 1. The molecule has 37 heavy (non-hydrogen) atoms. The second-order valence-electron chi connectivity index (χ2n) is 8.40. The molecule has 0 aliphatic rings. The summed E-state index contributed by atoms with van der Waals surface area (Å²) in [6, 6.07) is 6.57. The highest BCUT2D eigenvalue weighted by atomic mass is 35.5. The number of rotatable bonds is 10. The minimum Gasteiger partial charge on any atom is -0.383 e. The molecule has 0 atom stereocenters. The summed E-state index contributed by atoms with van der Waals surface area (Å²) in [5.41, 5.74) is 0.572. The lowest BCUT2D eigenvalue weighted by atomic mass is 10.2. The smallest absolute Gasteiger partial charge is 0.332 e. The lowest BCUT2D eigenvalue weighted by molar-refractivity contribution is 0.0974. The Morgan fingerprint density at radius 3 is 2.57 bits per heavy atom. The average molecular weight is 526 g/mol. The monoisotopic (exact) mass is 525 g/mol. The Morgan fingerprint density at radius 2 is 1.89 bits per heavy atom. The second-order valence-corrected chi connectivity index (χ2v) is 8.79. The number of nitrogens with one attached hydrogen (secondary N) is 1. The molecule has 0 radical (unpaired) electrons. The summed E-state index contributed by atoms with van der Waals surface area (Å²) in [6.07, 6.45) is 4.39. The van der Waals surface area contributed by atoms with Crippen molar-refractivity contribution in [1.29, 1.82) is 0 Å². The van der Waals surface area contributed by atoms with Crippen LogP contribution in [0.15, 0.2) is 46.2 Å². The number of ether oxygens (including phenoxy) is 1. The quantitative estimate of drug-likeness (QED) is 0.315. The predicted molar refractivity (Wildman–Crippen MR) is 141 cm³/mol. The lowest BCUT2D eigenvalue weighted by Crippen LogP contribution is -2.40. The summed E-state index contributed by atoms with van der Waals surface area (Å²) in [6.45, 7) is 5.05. The number of halogens is 1. The minimum absolute atomic E-state index is 0.128. The molecule has 0 saturated heterocycles. The molecule has 1 amide bonds. The number of carbonyl (C=O) groups excluding carboxylic acids is 1. The molecule has 0 unspecified atom stereocenters. The molecule has 4 aromatic rings. The van der Waals surface area contributed by atoms with Gasteiger partial charge in [0.1, 0.15) is 22.3 Å². The predicted octanol–water partition coefficient (Wildman–Crippen LogP) is 3.11. The number of hydrogen-bond acceptors (Lipinski definition) is 7. The van der Waals surface area contributed by atoms with E-state index < -0.39 is 5.56 Å². The average Bonchev–Trinajstić information content (AvgIpc) is 3.35. The van der Waals surface area contributed by atoms with Crippen molar-refractivity contribution in [2.24, 2.45) is 0 Å². The standard InChI is InChI=1S/C25H28ClN7O4/c1-4-9-32-22-20(24(35)33(10-5-2)25(32)36)29-21(30-22)17-13-18(26)28-19(14-17)31(11-12-37-3)23(34)16-7-6-8-27-15-16/h6-8,13-15H,4-5,9-12H2,1-3H3,(H,29,30). The van der Waals surface area contributed by atoms with Crippen LogP contribution >= 0.6 is 11.6 Å². The molecule has 0 bridgehead atoms. The van der Waals surface area contributed by atoms with Crippen LogP contribution in [-0.2, 0) is 17.8 Å². The Kier molecular flexibility index (Phi) is 8.14. The summed E-state index contributed by atoms with van der Waals surface area (Å²) >= 11 is 6.38. The zero-order chi connectivity index (χ0) is 26.5. The SMILES string of the molecule is CCCn1c(=O)c2[nH]c(-c3cc(Cl)nc(N(CCOC)C(=O)c4cccnc4)c3)nc2n(CCC)c1=O. The first kappa shape index (κ1) is 26.2. The van der Waals surface area contributed by atoms with Gasteiger partial charge in [-0.1, -0.05) is 25.4 Å². The van der Waals surface area contributed by atoms with E-state index >= 15 is 0 Å². The molecule has 4 heterocycles. The molecule has 0 aromatic carbocycles. The number of H-pyrrole nitrogens is 1. The van der Waals surface area contributed by atoms with Gasteiger partial charge >= 0.3 is 5.69 Å². The van der Waals surface area contributed by atoms with Gasteiger partial charge < -0.3 is 9.72 Å². The lowest BCUT2D eigenvalue weighted by Gasteiger charge is -2.22. The topological polar surface area (TPSA) is 128 Å². The zero-order valence-electron chi connectivity index (χ0n) is 20.9. The van der Waals surface area contributed by atoms with Crippen molar-refractivity contribution in [2.75, 3.05) is 25.2 Å². The molecule has 4 aromatic heterocycles. The number of amides is 1. The molecule has 1 N–H and O–H groups in total. The fourth-order valence-electron chi connectivity index (χ4n) is 4.06. The maximum atomic E-state index is 13.3. The molecule has 4 rings (SSSR count). The van der Waals surface area contributed by atoms with E-state index in [2.05, 4.69) is 19.9 Å². The minimum atomic E-state index is -0.429. The van der Waals surface area contributed by atoms with Gasteiger partial charge in [0.2, 0.25) is 0 Å². The van der Waals surface area contributed by atoms with E-state index in [1.807, 2.05) is 13.8 Å². The van der Waals surface area contributed by atoms with Crippen molar-refractivity contribution in [3.8, 4) is 11.4 Å². The number of fused-ring (bicyclic) bond motifs is 1. The number of imidazole rings is 1. The van der Waals surface area contributed by atoms with Crippen LogP contribution in [0, 0.1) is 0 Å². The third-order valence-corrected chi connectivity index (χ3v) is 5.95. The molecule has 12 heteroatoms. The summed E-state index contributed by atoms with van der Waals surface area (Å²) in [4.78, 5) is 56.9. The zero-order valence-corrected chi connectivity index (χ0v) is 21.7. The second kappa shape index (κ2) is 11.5. The van der Waals surface area contributed by atoms with Gasteiger partial charge in [0.05, 0.1) is 18.7 Å². The van der Waals surface area contributed by atoms with E-state index in [0.717, 1.165) is 0 Å². The van der Waals surface area contributed by atoms with Crippen LogP contribution in [0.1, 0.15) is 37.0 Å². The summed E-state index contributed by atoms with van der Waals surface area (Å²) < 4.78 is 7.93. The van der Waals surface area contributed by atoms with Crippen LogP contribution in [0.2, 0.25) is 5.15 Å². The van der Waals surface area contributed by atoms with Crippen LogP contribution in [0.3, 0.4) is 0 Å². The van der Waals surface area contributed by atoms with Crippen LogP contribution in [0.25, 0.3) is 22.6 Å². The molecular formula is C25H28ClN7O4. The first-order valence-corrected chi connectivity index (χ1v) is 12.4. The van der Waals surface area contributed by atoms with Gasteiger partial charge in [-0.3, -0.25) is 28.6 Å². The maximum absolute atomic E-state index is 13.3. The van der Waals surface area contributed by atoms with Crippen LogP contribution in [0.4, 0.5) is 5.82 Å². The van der Waals surface area contributed by atoms with Gasteiger partial charge in [0, 0.05) is 38.2 Å². The van der Waals surface area contributed by atoms with E-state index in [4.69, 9.17) is 16.3 Å². The van der Waals surface area contributed by atoms with Crippen molar-refractivity contribution in [3.05, 3.63) is 68.2 Å². The molecule has 0 aliphatic heterocycles. The fraction of sp³-hybridized carbons (Fsp3) is 0.360. The Labute approximate surface area is 217 Å². The van der Waals surface area contributed by atoms with Gasteiger partial charge in [0.15, 0.2) is 5.65 Å². The Balaban J connectivity index is 1.85. The normalized spacial score (nSPS) is 11.2. The van der Waals surface area contributed by atoms with Gasteiger partial charge in [-0.05, 0) is 37.1 Å². The van der Waals surface area contributed by atoms with E-state index in [-0.39, 0.29) is 46.9 Å². The molecule has 0 spiro atoms. The van der Waals surface area contributed by atoms with Gasteiger partial charge in [-0.15, -0.1) is 0 Å². The van der Waals surface area contributed by atoms with Gasteiger partial charge in [0.25, 0.3) is 11.5 Å². The number of aryl methyl sites for hydroxylation is 1. The van der Waals surface area contributed by atoms with E-state index in [1.165, 1.54) is 20.2 Å². The molecule has 0 fully saturated rings. The van der Waals surface area contributed by atoms with Crippen LogP contribution in [-0.4, -0.2) is 55.2 Å². The number of methoxy groups -OCH3 is 1. The highest BCUT2D eigenvalue weighted by Gasteiger charge is 2.22. The van der Waals surface area contributed by atoms with Crippen LogP contribution < -0.4 is 16.1 Å².